The lowest BCUT2D eigenvalue weighted by molar-refractivity contribution is 0.576. The molecular formula is C6H13NO2S. The largest absolute Gasteiger partial charge is 0.316 e. The van der Waals surface area contributed by atoms with Crippen molar-refractivity contribution in [2.24, 2.45) is 5.92 Å². The molecule has 1 saturated heterocycles. The van der Waals surface area contributed by atoms with Crippen LogP contribution in [0.25, 0.3) is 0 Å². The fourth-order valence-corrected chi connectivity index (χ4v) is 2.43. The Balaban J connectivity index is 2.38. The highest BCUT2D eigenvalue weighted by molar-refractivity contribution is 7.90. The molecule has 60 valence electrons. The van der Waals surface area contributed by atoms with E-state index in [1.54, 1.807) is 0 Å². The van der Waals surface area contributed by atoms with Gasteiger partial charge < -0.3 is 5.32 Å². The Morgan fingerprint density at radius 3 is 2.70 bits per heavy atom. The van der Waals surface area contributed by atoms with E-state index in [-0.39, 0.29) is 0 Å². The van der Waals surface area contributed by atoms with Crippen LogP contribution < -0.4 is 5.32 Å². The van der Waals surface area contributed by atoms with E-state index < -0.39 is 9.84 Å². The fraction of sp³-hybridized carbons (Fsp3) is 1.00. The first-order chi connectivity index (χ1) is 4.58. The Labute approximate surface area is 61.7 Å². The molecule has 0 aromatic heterocycles. The summed E-state index contributed by atoms with van der Waals surface area (Å²) in [5, 5.41) is 3.13. The van der Waals surface area contributed by atoms with Crippen LogP contribution >= 0.6 is 0 Å². The first-order valence-corrected chi connectivity index (χ1v) is 5.52. The second kappa shape index (κ2) is 2.88. The normalized spacial score (nSPS) is 27.1. The lowest BCUT2D eigenvalue weighted by atomic mass is 10.2. The first-order valence-electron chi connectivity index (χ1n) is 3.46. The summed E-state index contributed by atoms with van der Waals surface area (Å²) in [7, 11) is -2.75. The molecule has 1 atom stereocenters. The molecule has 4 heteroatoms. The second-order valence-electron chi connectivity index (χ2n) is 2.95. The van der Waals surface area contributed by atoms with Crippen molar-refractivity contribution in [2.75, 3.05) is 25.1 Å². The molecular weight excluding hydrogens is 150 g/mol. The summed E-state index contributed by atoms with van der Waals surface area (Å²) >= 11 is 0. The summed E-state index contributed by atoms with van der Waals surface area (Å²) in [4.78, 5) is 0. The summed E-state index contributed by atoms with van der Waals surface area (Å²) in [6, 6.07) is 0. The second-order valence-corrected chi connectivity index (χ2v) is 5.14. The predicted octanol–water partition coefficient (Wildman–Crippen LogP) is -0.359. The third-order valence-electron chi connectivity index (χ3n) is 1.70. The maximum atomic E-state index is 10.8. The van der Waals surface area contributed by atoms with Gasteiger partial charge in [0.25, 0.3) is 0 Å². The van der Waals surface area contributed by atoms with Crippen molar-refractivity contribution in [1.29, 1.82) is 0 Å². The number of sulfone groups is 1. The van der Waals surface area contributed by atoms with Crippen LogP contribution in [0.1, 0.15) is 6.42 Å². The number of nitrogens with one attached hydrogen (secondary N) is 1. The van der Waals surface area contributed by atoms with Gasteiger partial charge in [0.15, 0.2) is 0 Å². The van der Waals surface area contributed by atoms with Gasteiger partial charge >= 0.3 is 0 Å². The maximum Gasteiger partial charge on any atom is 0.147 e. The van der Waals surface area contributed by atoms with Crippen molar-refractivity contribution in [1.82, 2.24) is 5.32 Å². The highest BCUT2D eigenvalue weighted by Crippen LogP contribution is 2.09. The Kier molecular flexibility index (Phi) is 2.31. The van der Waals surface area contributed by atoms with Crippen LogP contribution in [0.5, 0.6) is 0 Å². The highest BCUT2D eigenvalue weighted by Gasteiger charge is 2.18. The van der Waals surface area contributed by atoms with E-state index >= 15 is 0 Å². The summed E-state index contributed by atoms with van der Waals surface area (Å²) in [6.07, 6.45) is 2.30. The lowest BCUT2D eigenvalue weighted by Crippen LogP contribution is -2.17. The third kappa shape index (κ3) is 2.66. The molecule has 0 bridgehead atoms. The molecule has 0 spiro atoms. The van der Waals surface area contributed by atoms with E-state index in [1.807, 2.05) is 0 Å². The Bertz CT molecular complexity index is 192. The quantitative estimate of drug-likeness (QED) is 0.604. The zero-order chi connectivity index (χ0) is 7.61. The molecule has 1 rings (SSSR count). The van der Waals surface area contributed by atoms with Gasteiger partial charge in [-0.3, -0.25) is 0 Å². The predicted molar refractivity (Wildman–Crippen MR) is 40.7 cm³/mol. The van der Waals surface area contributed by atoms with E-state index in [2.05, 4.69) is 5.32 Å². The first kappa shape index (κ1) is 8.01. The molecule has 1 heterocycles. The molecule has 3 nitrogen and oxygen atoms in total. The van der Waals surface area contributed by atoms with Crippen molar-refractivity contribution in [3.05, 3.63) is 0 Å². The van der Waals surface area contributed by atoms with E-state index in [0.717, 1.165) is 19.5 Å². The van der Waals surface area contributed by atoms with E-state index in [1.165, 1.54) is 6.26 Å². The average Bonchev–Trinajstić information content (AvgIpc) is 2.12. The molecule has 1 aliphatic heterocycles. The number of hydrogen-bond donors (Lipinski definition) is 1. The van der Waals surface area contributed by atoms with Gasteiger partial charge in [0.2, 0.25) is 0 Å². The summed E-state index contributed by atoms with van der Waals surface area (Å²) in [5.41, 5.74) is 0. The molecule has 1 N–H and O–H groups in total. The zero-order valence-corrected chi connectivity index (χ0v) is 6.95. The molecule has 10 heavy (non-hydrogen) atoms. The van der Waals surface area contributed by atoms with Crippen LogP contribution in [0.15, 0.2) is 0 Å². The molecule has 0 saturated carbocycles. The zero-order valence-electron chi connectivity index (χ0n) is 6.13. The van der Waals surface area contributed by atoms with Gasteiger partial charge in [-0.15, -0.1) is 0 Å². The number of rotatable bonds is 2. The Morgan fingerprint density at radius 2 is 2.30 bits per heavy atom. The molecule has 0 unspecified atom stereocenters. The van der Waals surface area contributed by atoms with Gasteiger partial charge in [-0.05, 0) is 25.4 Å². The van der Waals surface area contributed by atoms with Crippen LogP contribution in [-0.4, -0.2) is 33.5 Å². The lowest BCUT2D eigenvalue weighted by Gasteiger charge is -2.03. The van der Waals surface area contributed by atoms with Gasteiger partial charge in [-0.2, -0.15) is 0 Å². The van der Waals surface area contributed by atoms with E-state index in [9.17, 15) is 8.42 Å². The Hall–Kier alpha value is -0.0900. The third-order valence-corrected chi connectivity index (χ3v) is 2.78. The van der Waals surface area contributed by atoms with Crippen LogP contribution in [0, 0.1) is 5.92 Å². The minimum Gasteiger partial charge on any atom is -0.316 e. The maximum absolute atomic E-state index is 10.8. The molecule has 1 fully saturated rings. The van der Waals surface area contributed by atoms with Gasteiger partial charge in [0.1, 0.15) is 9.84 Å². The van der Waals surface area contributed by atoms with Crippen molar-refractivity contribution in [3.8, 4) is 0 Å². The number of hydrogen-bond acceptors (Lipinski definition) is 3. The van der Waals surface area contributed by atoms with E-state index in [0.29, 0.717) is 11.7 Å². The molecule has 0 aromatic carbocycles. The molecule has 0 aliphatic carbocycles. The summed E-state index contributed by atoms with van der Waals surface area (Å²) in [6.45, 7) is 1.84. The van der Waals surface area contributed by atoms with E-state index in [4.69, 9.17) is 0 Å². The van der Waals surface area contributed by atoms with Gasteiger partial charge in [-0.25, -0.2) is 8.42 Å². The smallest absolute Gasteiger partial charge is 0.147 e. The monoisotopic (exact) mass is 163 g/mol. The van der Waals surface area contributed by atoms with Crippen molar-refractivity contribution < 1.29 is 8.42 Å². The Morgan fingerprint density at radius 1 is 1.60 bits per heavy atom. The summed E-state index contributed by atoms with van der Waals surface area (Å²) < 4.78 is 21.5. The van der Waals surface area contributed by atoms with Crippen LogP contribution in [0.3, 0.4) is 0 Å². The standard InChI is InChI=1S/C6H13NO2S/c1-10(8,9)5-6-2-3-7-4-6/h6-7H,2-5H2,1H3/t6-/m0/s1. The minimum atomic E-state index is -2.75. The van der Waals surface area contributed by atoms with Crippen molar-refractivity contribution >= 4 is 9.84 Å². The van der Waals surface area contributed by atoms with Crippen molar-refractivity contribution in [2.45, 2.75) is 6.42 Å². The van der Waals surface area contributed by atoms with Crippen molar-refractivity contribution in [3.63, 3.8) is 0 Å². The molecule has 1 aliphatic rings. The average molecular weight is 163 g/mol. The van der Waals surface area contributed by atoms with Gasteiger partial charge in [0, 0.05) is 6.26 Å². The van der Waals surface area contributed by atoms with Gasteiger partial charge in [-0.1, -0.05) is 0 Å². The SMILES string of the molecule is CS(=O)(=O)C[C@H]1CCNC1. The van der Waals surface area contributed by atoms with Crippen LogP contribution in [0.4, 0.5) is 0 Å². The topological polar surface area (TPSA) is 46.2 Å². The molecule has 0 radical (unpaired) electrons. The van der Waals surface area contributed by atoms with Gasteiger partial charge in [0.05, 0.1) is 5.75 Å². The minimum absolute atomic E-state index is 0.347. The summed E-state index contributed by atoms with van der Waals surface area (Å²) in [5.74, 6) is 0.704. The molecule has 0 amide bonds. The molecule has 0 aromatic rings. The highest BCUT2D eigenvalue weighted by atomic mass is 32.2. The van der Waals surface area contributed by atoms with Crippen LogP contribution in [0.2, 0.25) is 0 Å². The van der Waals surface area contributed by atoms with Crippen LogP contribution in [-0.2, 0) is 9.84 Å². The fourth-order valence-electron chi connectivity index (χ4n) is 1.28.